The first-order valence-corrected chi connectivity index (χ1v) is 14.9. The van der Waals surface area contributed by atoms with Crippen LogP contribution in [0.5, 0.6) is 0 Å². The molecule has 3 aromatic carbocycles. The maximum Gasteiger partial charge on any atom is 0.407 e. The van der Waals surface area contributed by atoms with Crippen molar-refractivity contribution in [3.8, 4) is 45.6 Å². The first kappa shape index (κ1) is 31.9. The first-order valence-electron chi connectivity index (χ1n) is 14.9. The van der Waals surface area contributed by atoms with Gasteiger partial charge in [0.25, 0.3) is 0 Å². The van der Waals surface area contributed by atoms with E-state index < -0.39 is 23.4 Å². The number of nitrogens with zero attached hydrogens (tertiary/aromatic N) is 4. The third kappa shape index (κ3) is 8.78. The normalized spacial score (nSPS) is 11.6. The molecule has 2 heterocycles. The first-order chi connectivity index (χ1) is 21.8. The molecule has 0 saturated carbocycles. The number of carbonyl (C=O) groups excluding carboxylic acids is 2. The van der Waals surface area contributed by atoms with Crippen molar-refractivity contribution in [3.05, 3.63) is 83.9 Å². The van der Waals surface area contributed by atoms with Crippen LogP contribution in [-0.4, -0.2) is 53.8 Å². The van der Waals surface area contributed by atoms with Gasteiger partial charge in [0.2, 0.25) is 0 Å². The van der Waals surface area contributed by atoms with Crippen molar-refractivity contribution in [1.82, 2.24) is 41.0 Å². The third-order valence-corrected chi connectivity index (χ3v) is 6.48. The van der Waals surface area contributed by atoms with E-state index in [1.807, 2.05) is 114 Å². The van der Waals surface area contributed by atoms with Gasteiger partial charge < -0.3 is 20.1 Å². The van der Waals surface area contributed by atoms with Gasteiger partial charge in [0.1, 0.15) is 11.2 Å². The molecule has 0 saturated heterocycles. The molecular formula is C34H38N8O4. The highest BCUT2D eigenvalue weighted by Gasteiger charge is 2.17. The molecule has 0 fully saturated rings. The molecule has 5 rings (SSSR count). The molecule has 0 aliphatic carbocycles. The largest absolute Gasteiger partial charge is 0.444 e. The predicted molar refractivity (Wildman–Crippen MR) is 174 cm³/mol. The number of hydrogen-bond acceptors (Lipinski definition) is 8. The van der Waals surface area contributed by atoms with E-state index in [1.54, 1.807) is 0 Å². The van der Waals surface area contributed by atoms with Crippen LogP contribution in [0.4, 0.5) is 9.59 Å². The van der Waals surface area contributed by atoms with Crippen molar-refractivity contribution in [2.24, 2.45) is 0 Å². The topological polar surface area (TPSA) is 160 Å². The summed E-state index contributed by atoms with van der Waals surface area (Å²) in [6.45, 7) is 11.7. The van der Waals surface area contributed by atoms with E-state index >= 15 is 0 Å². The Balaban J connectivity index is 1.21. The zero-order valence-electron chi connectivity index (χ0n) is 26.8. The zero-order valence-corrected chi connectivity index (χ0v) is 26.8. The van der Waals surface area contributed by atoms with Gasteiger partial charge >= 0.3 is 12.2 Å². The Kier molecular flexibility index (Phi) is 9.17. The molecule has 2 amide bonds. The lowest BCUT2D eigenvalue weighted by Gasteiger charge is -2.19. The zero-order chi connectivity index (χ0) is 32.9. The molecule has 12 nitrogen and oxygen atoms in total. The van der Waals surface area contributed by atoms with Crippen molar-refractivity contribution >= 4 is 12.2 Å². The molecular weight excluding hydrogens is 584 g/mol. The van der Waals surface area contributed by atoms with Crippen LogP contribution in [0.3, 0.4) is 0 Å². The van der Waals surface area contributed by atoms with E-state index in [0.29, 0.717) is 36.4 Å². The molecule has 0 aliphatic rings. The number of benzene rings is 3. The fraction of sp³-hybridized carbons (Fsp3) is 0.294. The van der Waals surface area contributed by atoms with E-state index in [1.165, 1.54) is 0 Å². The summed E-state index contributed by atoms with van der Waals surface area (Å²) in [7, 11) is 0. The Morgan fingerprint density at radius 2 is 1.00 bits per heavy atom. The van der Waals surface area contributed by atoms with Crippen LogP contribution in [-0.2, 0) is 22.6 Å². The molecule has 0 radical (unpaired) electrons. The predicted octanol–water partition coefficient (Wildman–Crippen LogP) is 6.64. The van der Waals surface area contributed by atoms with E-state index in [-0.39, 0.29) is 0 Å². The van der Waals surface area contributed by atoms with Gasteiger partial charge in [-0.15, -0.1) is 0 Å². The van der Waals surface area contributed by atoms with Crippen molar-refractivity contribution in [2.75, 3.05) is 0 Å². The Morgan fingerprint density at radius 3 is 1.37 bits per heavy atom. The smallest absolute Gasteiger partial charge is 0.407 e. The van der Waals surface area contributed by atoms with Gasteiger partial charge in [-0.3, -0.25) is 10.2 Å². The molecule has 0 atom stereocenters. The van der Waals surface area contributed by atoms with Gasteiger partial charge in [-0.25, -0.2) is 19.6 Å². The minimum Gasteiger partial charge on any atom is -0.444 e. The fourth-order valence-electron chi connectivity index (χ4n) is 4.38. The van der Waals surface area contributed by atoms with E-state index in [0.717, 1.165) is 33.4 Å². The molecule has 4 N–H and O–H groups in total. The second-order valence-electron chi connectivity index (χ2n) is 12.7. The molecule has 0 spiro atoms. The summed E-state index contributed by atoms with van der Waals surface area (Å²) in [5.41, 5.74) is 4.11. The lowest BCUT2D eigenvalue weighted by atomic mass is 10.1. The summed E-state index contributed by atoms with van der Waals surface area (Å²) in [6.07, 6.45) is -0.916. The van der Waals surface area contributed by atoms with Crippen molar-refractivity contribution in [3.63, 3.8) is 0 Å². The number of carbonyl (C=O) groups is 2. The van der Waals surface area contributed by atoms with Crippen molar-refractivity contribution in [2.45, 2.75) is 65.8 Å². The number of ether oxygens (including phenoxy) is 2. The van der Waals surface area contributed by atoms with Crippen LogP contribution in [0, 0.1) is 0 Å². The van der Waals surface area contributed by atoms with Crippen LogP contribution < -0.4 is 10.6 Å². The average Bonchev–Trinajstić information content (AvgIpc) is 3.69. The highest BCUT2D eigenvalue weighted by molar-refractivity contribution is 5.70. The Bertz CT molecular complexity index is 1670. The molecule has 12 heteroatoms. The Morgan fingerprint density at radius 1 is 0.609 bits per heavy atom. The van der Waals surface area contributed by atoms with E-state index in [4.69, 9.17) is 19.4 Å². The summed E-state index contributed by atoms with van der Waals surface area (Å²) < 4.78 is 10.6. The summed E-state index contributed by atoms with van der Waals surface area (Å²) in [5.74, 6) is 2.33. The fourth-order valence-corrected chi connectivity index (χ4v) is 4.38. The second-order valence-corrected chi connectivity index (χ2v) is 12.7. The number of aromatic amines is 2. The van der Waals surface area contributed by atoms with E-state index in [2.05, 4.69) is 31.0 Å². The summed E-state index contributed by atoms with van der Waals surface area (Å²) in [5, 5.41) is 20.4. The number of amides is 2. The monoisotopic (exact) mass is 622 g/mol. The van der Waals surface area contributed by atoms with Crippen LogP contribution in [0.25, 0.3) is 45.6 Å². The van der Waals surface area contributed by atoms with Gasteiger partial charge in [-0.05, 0) is 58.7 Å². The second kappa shape index (κ2) is 13.2. The number of nitrogens with one attached hydrogen (secondary N) is 4. The van der Waals surface area contributed by atoms with Crippen LogP contribution in [0.1, 0.15) is 52.7 Å². The Labute approximate surface area is 267 Å². The Hall–Kier alpha value is -5.52. The molecule has 0 bridgehead atoms. The van der Waals surface area contributed by atoms with Crippen LogP contribution in [0.15, 0.2) is 72.8 Å². The lowest BCUT2D eigenvalue weighted by molar-refractivity contribution is 0.0512. The highest BCUT2D eigenvalue weighted by atomic mass is 16.6. The lowest BCUT2D eigenvalue weighted by Crippen LogP contribution is -2.32. The number of aromatic nitrogens is 6. The quantitative estimate of drug-likeness (QED) is 0.150. The minimum absolute atomic E-state index is 0.352. The average molecular weight is 623 g/mol. The van der Waals surface area contributed by atoms with Crippen molar-refractivity contribution < 1.29 is 19.1 Å². The summed E-state index contributed by atoms with van der Waals surface area (Å²) >= 11 is 0. The van der Waals surface area contributed by atoms with Crippen molar-refractivity contribution in [1.29, 1.82) is 0 Å². The standard InChI is InChI=1S/C34H38N8O4/c1-33(2,3)45-31(43)35-19-21-10-14-23(15-11-21)27-37-29(41-39-27)25-8-7-9-26(18-25)30-38-28(40-42-30)24-16-12-22(13-17-24)20-36-32(44)46-34(4,5)6/h7-18H,19-20H2,1-6H3,(H,35,43)(H,36,44)(H,37,39,41)(H,38,40,42). The van der Waals surface area contributed by atoms with E-state index in [9.17, 15) is 9.59 Å². The molecule has 2 aromatic heterocycles. The molecule has 238 valence electrons. The molecule has 0 unspecified atom stereocenters. The molecule has 0 aliphatic heterocycles. The van der Waals surface area contributed by atoms with Gasteiger partial charge in [0, 0.05) is 35.3 Å². The van der Waals surface area contributed by atoms with Gasteiger partial charge in [-0.2, -0.15) is 10.2 Å². The van der Waals surface area contributed by atoms with Gasteiger partial charge in [-0.1, -0.05) is 66.7 Å². The maximum atomic E-state index is 11.9. The van der Waals surface area contributed by atoms with Gasteiger partial charge in [0.05, 0.1) is 0 Å². The summed E-state index contributed by atoms with van der Waals surface area (Å²) in [6, 6.07) is 23.1. The number of alkyl carbamates (subject to hydrolysis) is 2. The SMILES string of the molecule is CC(C)(C)OC(=O)NCc1ccc(-c2nc(-c3cccc(-c4n[nH]c(-c5ccc(CNC(=O)OC(C)(C)C)cc5)n4)c3)n[nH]2)cc1. The number of rotatable bonds is 8. The van der Waals surface area contributed by atoms with Gasteiger partial charge in [0.15, 0.2) is 23.3 Å². The minimum atomic E-state index is -0.548. The van der Waals surface area contributed by atoms with Crippen LogP contribution >= 0.6 is 0 Å². The van der Waals surface area contributed by atoms with Crippen LogP contribution in [0.2, 0.25) is 0 Å². The summed E-state index contributed by atoms with van der Waals surface area (Å²) in [4.78, 5) is 33.3. The number of H-pyrrole nitrogens is 2. The molecule has 5 aromatic rings. The number of hydrogen-bond donors (Lipinski definition) is 4. The maximum absolute atomic E-state index is 11.9. The third-order valence-electron chi connectivity index (χ3n) is 6.48. The highest BCUT2D eigenvalue weighted by Crippen LogP contribution is 2.26. The molecule has 46 heavy (non-hydrogen) atoms.